The number of ether oxygens (including phenoxy) is 1. The molecule has 1 saturated carbocycles. The SMILES string of the molecule is N#CC1(COc2cc3c(-c4ccc(F)c5[nH]ncc45)c(N)c(=O)[nH]c3c3cccnc23)CC1. The predicted octanol–water partition coefficient (Wildman–Crippen LogP) is 4.02. The highest BCUT2D eigenvalue weighted by molar-refractivity contribution is 6.15. The minimum absolute atomic E-state index is 0.00138. The van der Waals surface area contributed by atoms with Crippen molar-refractivity contribution in [3.63, 3.8) is 0 Å². The summed E-state index contributed by atoms with van der Waals surface area (Å²) in [5, 5.41) is 17.9. The molecule has 2 aromatic carbocycles. The maximum atomic E-state index is 14.3. The van der Waals surface area contributed by atoms with Crippen LogP contribution in [0.1, 0.15) is 12.8 Å². The van der Waals surface area contributed by atoms with E-state index in [1.165, 1.54) is 12.3 Å². The lowest BCUT2D eigenvalue weighted by Gasteiger charge is -2.16. The van der Waals surface area contributed by atoms with Crippen molar-refractivity contribution < 1.29 is 9.13 Å². The summed E-state index contributed by atoms with van der Waals surface area (Å²) in [5.74, 6) is 0.0294. The lowest BCUT2D eigenvalue weighted by molar-refractivity contribution is 0.271. The van der Waals surface area contributed by atoms with Crippen LogP contribution in [0.3, 0.4) is 0 Å². The van der Waals surface area contributed by atoms with Crippen LogP contribution in [-0.4, -0.2) is 26.8 Å². The second-order valence-electron chi connectivity index (χ2n) is 8.37. The molecular formula is C24H17FN6O2. The quantitative estimate of drug-likeness (QED) is 0.361. The van der Waals surface area contributed by atoms with Gasteiger partial charge in [0.2, 0.25) is 0 Å². The molecule has 0 spiro atoms. The normalized spacial score (nSPS) is 14.5. The summed E-state index contributed by atoms with van der Waals surface area (Å²) in [4.78, 5) is 20.2. The first-order chi connectivity index (χ1) is 16.0. The third kappa shape index (κ3) is 2.84. The van der Waals surface area contributed by atoms with E-state index in [-0.39, 0.29) is 17.8 Å². The number of nitrogens with zero attached hydrogens (tertiary/aromatic N) is 3. The van der Waals surface area contributed by atoms with Gasteiger partial charge in [-0.25, -0.2) is 4.39 Å². The predicted molar refractivity (Wildman–Crippen MR) is 122 cm³/mol. The third-order valence-corrected chi connectivity index (χ3v) is 6.31. The van der Waals surface area contributed by atoms with E-state index < -0.39 is 16.8 Å². The second kappa shape index (κ2) is 6.77. The lowest BCUT2D eigenvalue weighted by Crippen LogP contribution is -2.14. The Labute approximate surface area is 185 Å². The number of halogens is 1. The Kier molecular flexibility index (Phi) is 3.95. The molecule has 0 bridgehead atoms. The zero-order valence-corrected chi connectivity index (χ0v) is 17.3. The van der Waals surface area contributed by atoms with Crippen molar-refractivity contribution in [2.45, 2.75) is 12.8 Å². The Morgan fingerprint density at radius 3 is 2.85 bits per heavy atom. The van der Waals surface area contributed by atoms with Crippen LogP contribution in [-0.2, 0) is 0 Å². The highest BCUT2D eigenvalue weighted by Crippen LogP contribution is 2.46. The molecule has 3 aromatic heterocycles. The number of benzene rings is 2. The van der Waals surface area contributed by atoms with Crippen LogP contribution in [0.2, 0.25) is 0 Å². The summed E-state index contributed by atoms with van der Waals surface area (Å²) in [6.45, 7) is 0.247. The van der Waals surface area contributed by atoms with Crippen molar-refractivity contribution in [2.24, 2.45) is 5.41 Å². The Morgan fingerprint density at radius 1 is 1.21 bits per heavy atom. The van der Waals surface area contributed by atoms with Gasteiger partial charge in [-0.15, -0.1) is 0 Å². The maximum absolute atomic E-state index is 14.3. The minimum atomic E-state index is -0.469. The summed E-state index contributed by atoms with van der Waals surface area (Å²) in [6, 6.07) is 10.6. The fourth-order valence-electron chi connectivity index (χ4n) is 4.27. The number of aromatic amines is 2. The fourth-order valence-corrected chi connectivity index (χ4v) is 4.27. The molecule has 8 nitrogen and oxygen atoms in total. The largest absolute Gasteiger partial charge is 0.490 e. The Hall–Kier alpha value is -4.45. The summed E-state index contributed by atoms with van der Waals surface area (Å²) in [7, 11) is 0. The van der Waals surface area contributed by atoms with Crippen molar-refractivity contribution in [3.8, 4) is 22.9 Å². The molecule has 0 atom stereocenters. The highest BCUT2D eigenvalue weighted by atomic mass is 19.1. The molecule has 0 aliphatic heterocycles. The number of aromatic nitrogens is 4. The number of anilines is 1. The molecule has 0 saturated heterocycles. The molecule has 1 fully saturated rings. The van der Waals surface area contributed by atoms with Crippen LogP contribution in [0.5, 0.6) is 5.75 Å². The highest BCUT2D eigenvalue weighted by Gasteiger charge is 2.44. The van der Waals surface area contributed by atoms with Gasteiger partial charge in [0.1, 0.15) is 34.9 Å². The number of fused-ring (bicyclic) bond motifs is 4. The lowest BCUT2D eigenvalue weighted by atomic mass is 9.95. The van der Waals surface area contributed by atoms with E-state index in [1.807, 2.05) is 6.07 Å². The number of H-pyrrole nitrogens is 2. The molecule has 4 N–H and O–H groups in total. The fraction of sp³-hybridized carbons (Fsp3) is 0.167. The van der Waals surface area contributed by atoms with Crippen LogP contribution < -0.4 is 16.0 Å². The smallest absolute Gasteiger partial charge is 0.272 e. The number of pyridine rings is 2. The molecule has 1 aliphatic carbocycles. The van der Waals surface area contributed by atoms with Crippen molar-refractivity contribution in [3.05, 3.63) is 58.9 Å². The first kappa shape index (κ1) is 19.3. The van der Waals surface area contributed by atoms with Crippen LogP contribution in [0.25, 0.3) is 43.8 Å². The second-order valence-corrected chi connectivity index (χ2v) is 8.37. The number of hydrogen-bond acceptors (Lipinski definition) is 6. The average molecular weight is 440 g/mol. The number of nitrogens with two attached hydrogens (primary N) is 1. The minimum Gasteiger partial charge on any atom is -0.490 e. The molecule has 6 rings (SSSR count). The molecule has 0 amide bonds. The van der Waals surface area contributed by atoms with Crippen molar-refractivity contribution in [1.29, 1.82) is 5.26 Å². The number of hydrogen-bond donors (Lipinski definition) is 3. The summed E-state index contributed by atoms with van der Waals surface area (Å²) in [6.07, 6.45) is 4.73. The third-order valence-electron chi connectivity index (χ3n) is 6.31. The molecule has 33 heavy (non-hydrogen) atoms. The van der Waals surface area contributed by atoms with Crippen molar-refractivity contribution in [1.82, 2.24) is 20.2 Å². The molecule has 5 aromatic rings. The van der Waals surface area contributed by atoms with E-state index >= 15 is 0 Å². The van der Waals surface area contributed by atoms with Gasteiger partial charge in [0.15, 0.2) is 0 Å². The van der Waals surface area contributed by atoms with E-state index in [0.717, 1.165) is 12.8 Å². The first-order valence-corrected chi connectivity index (χ1v) is 10.4. The van der Waals surface area contributed by atoms with Gasteiger partial charge in [0.25, 0.3) is 5.56 Å². The Balaban J connectivity index is 1.68. The van der Waals surface area contributed by atoms with Crippen LogP contribution in [0.15, 0.2) is 47.5 Å². The van der Waals surface area contributed by atoms with Gasteiger partial charge in [-0.05, 0) is 42.7 Å². The van der Waals surface area contributed by atoms with E-state index in [1.54, 1.807) is 24.4 Å². The van der Waals surface area contributed by atoms with E-state index in [2.05, 4.69) is 26.2 Å². The zero-order valence-electron chi connectivity index (χ0n) is 17.3. The molecule has 0 radical (unpaired) electrons. The van der Waals surface area contributed by atoms with Gasteiger partial charge >= 0.3 is 0 Å². The molecule has 1 aliphatic rings. The number of nitrogen functional groups attached to an aromatic ring is 1. The molecular weight excluding hydrogens is 423 g/mol. The number of nitriles is 1. The van der Waals surface area contributed by atoms with Crippen molar-refractivity contribution in [2.75, 3.05) is 12.3 Å². The monoisotopic (exact) mass is 440 g/mol. The van der Waals surface area contributed by atoms with Gasteiger partial charge in [-0.1, -0.05) is 6.07 Å². The topological polar surface area (TPSA) is 133 Å². The van der Waals surface area contributed by atoms with Gasteiger partial charge < -0.3 is 15.5 Å². The summed E-state index contributed by atoms with van der Waals surface area (Å²) < 4.78 is 20.4. The van der Waals surface area contributed by atoms with Crippen LogP contribution in [0, 0.1) is 22.6 Å². The summed E-state index contributed by atoms with van der Waals surface area (Å²) >= 11 is 0. The van der Waals surface area contributed by atoms with Gasteiger partial charge in [-0.2, -0.15) is 10.4 Å². The van der Waals surface area contributed by atoms with Crippen molar-refractivity contribution >= 4 is 38.4 Å². The zero-order chi connectivity index (χ0) is 22.7. The Morgan fingerprint density at radius 2 is 2.06 bits per heavy atom. The van der Waals surface area contributed by atoms with Crippen LogP contribution in [0.4, 0.5) is 10.1 Å². The summed E-state index contributed by atoms with van der Waals surface area (Å²) in [5.41, 5.74) is 7.71. The molecule has 0 unspecified atom stereocenters. The number of rotatable bonds is 4. The first-order valence-electron chi connectivity index (χ1n) is 10.4. The van der Waals surface area contributed by atoms with Gasteiger partial charge in [-0.3, -0.25) is 14.9 Å². The molecule has 3 heterocycles. The van der Waals surface area contributed by atoms with E-state index in [0.29, 0.717) is 44.1 Å². The van der Waals surface area contributed by atoms with Crippen LogP contribution >= 0.6 is 0 Å². The Bertz CT molecular complexity index is 1690. The van der Waals surface area contributed by atoms with E-state index in [4.69, 9.17) is 10.5 Å². The van der Waals surface area contributed by atoms with E-state index in [9.17, 15) is 14.4 Å². The van der Waals surface area contributed by atoms with Gasteiger partial charge in [0.05, 0.1) is 23.2 Å². The standard InChI is InChI=1S/C24H17FN6O2/c25-16-4-3-12(15-9-29-31-21(15)16)18-14-8-17(33-11-24(10-26)5-6-24)22-13(2-1-7-28-22)20(14)30-23(32)19(18)27/h1-4,7-9H,5-6,11,27H2,(H,29,31)(H,30,32). The number of nitrogens with one attached hydrogen (secondary N) is 2. The average Bonchev–Trinajstić information content (AvgIpc) is 3.44. The van der Waals surface area contributed by atoms with Gasteiger partial charge in [0, 0.05) is 27.9 Å². The molecule has 9 heteroatoms. The molecule has 162 valence electrons. The maximum Gasteiger partial charge on any atom is 0.272 e.